The highest BCUT2D eigenvalue weighted by Gasteiger charge is 2.77. The number of ether oxygens (including phenoxy) is 2. The first-order chi connectivity index (χ1) is 13.9. The number of primary amides is 1. The van der Waals surface area contributed by atoms with Crippen molar-refractivity contribution < 1.29 is 36.0 Å². The summed E-state index contributed by atoms with van der Waals surface area (Å²) in [6.07, 6.45) is 5.03. The first-order valence-electron chi connectivity index (χ1n) is 10.9. The molecule has 6 nitrogen and oxygen atoms in total. The van der Waals surface area contributed by atoms with Crippen LogP contribution in [0.25, 0.3) is 0 Å². The summed E-state index contributed by atoms with van der Waals surface area (Å²) < 4.78 is 13.8. The Morgan fingerprint density at radius 2 is 2.10 bits per heavy atom. The van der Waals surface area contributed by atoms with Crippen LogP contribution in [0.5, 0.6) is 5.75 Å². The standard InChI is InChI=1S/C23H28N2O4.ClH/c1-25(12-13-3-4-13)10-9-22-18-14-5-6-15(21(24)27)19(18)29-20(22)16(26)7-8-23(22,28-2)17(25)11-14;/h5-6,13,17,20H,3-4,7-12H2,1-2H3,(H-,24,27);1H/t17?,20?,22?,23-,25+;/m1./s1. The van der Waals surface area contributed by atoms with E-state index in [-0.39, 0.29) is 18.2 Å². The molecule has 3 aliphatic carbocycles. The summed E-state index contributed by atoms with van der Waals surface area (Å²) in [5.74, 6) is 1.00. The van der Waals surface area contributed by atoms with Gasteiger partial charge in [0, 0.05) is 37.9 Å². The molecule has 6 rings (SSSR count). The molecule has 5 aliphatic rings. The van der Waals surface area contributed by atoms with E-state index in [9.17, 15) is 9.59 Å². The summed E-state index contributed by atoms with van der Waals surface area (Å²) in [4.78, 5) is 25.2. The van der Waals surface area contributed by atoms with Gasteiger partial charge in [0.1, 0.15) is 17.4 Å². The molecule has 3 fully saturated rings. The van der Waals surface area contributed by atoms with E-state index in [4.69, 9.17) is 15.2 Å². The molecule has 2 aliphatic heterocycles. The van der Waals surface area contributed by atoms with Crippen LogP contribution in [0.3, 0.4) is 0 Å². The molecule has 0 radical (unpaired) electrons. The average Bonchev–Trinajstić information content (AvgIpc) is 3.43. The molecule has 5 atom stereocenters. The Balaban J connectivity index is 0.00000193. The average molecular weight is 433 g/mol. The fraction of sp³-hybridized carbons (Fsp3) is 0.652. The minimum absolute atomic E-state index is 0. The van der Waals surface area contributed by atoms with Crippen LogP contribution in [-0.2, 0) is 21.4 Å². The Bertz CT molecular complexity index is 963. The first kappa shape index (κ1) is 20.3. The van der Waals surface area contributed by atoms with Crippen molar-refractivity contribution in [1.29, 1.82) is 0 Å². The van der Waals surface area contributed by atoms with E-state index in [0.717, 1.165) is 41.8 Å². The molecule has 1 aromatic rings. The quantitative estimate of drug-likeness (QED) is 0.601. The van der Waals surface area contributed by atoms with Gasteiger partial charge >= 0.3 is 0 Å². The number of quaternary nitrogens is 1. The lowest BCUT2D eigenvalue weighted by Crippen LogP contribution is -3.00. The third-order valence-electron chi connectivity index (χ3n) is 8.89. The van der Waals surface area contributed by atoms with Crippen LogP contribution < -0.4 is 22.9 Å². The highest BCUT2D eigenvalue weighted by molar-refractivity contribution is 5.98. The molecule has 1 aromatic carbocycles. The third kappa shape index (κ3) is 2.17. The molecule has 2 saturated carbocycles. The molecular formula is C23H29ClN2O4. The van der Waals surface area contributed by atoms with Crippen LogP contribution in [0.15, 0.2) is 12.1 Å². The Labute approximate surface area is 183 Å². The zero-order valence-corrected chi connectivity index (χ0v) is 18.3. The van der Waals surface area contributed by atoms with Crippen LogP contribution in [-0.4, -0.2) is 61.2 Å². The molecule has 1 spiro atoms. The molecular weight excluding hydrogens is 404 g/mol. The van der Waals surface area contributed by atoms with Gasteiger partial charge in [0.2, 0.25) is 0 Å². The fourth-order valence-electron chi connectivity index (χ4n) is 7.53. The summed E-state index contributed by atoms with van der Waals surface area (Å²) in [5, 5.41) is 0. The number of likely N-dealkylation sites (N-methyl/N-ethyl adjacent to an activating group) is 1. The van der Waals surface area contributed by atoms with E-state index in [1.165, 1.54) is 24.9 Å². The number of Topliss-reactive ketones (excluding diaryl/α,β-unsaturated/α-hetero) is 1. The number of ketones is 1. The molecule has 1 amide bonds. The van der Waals surface area contributed by atoms with Crippen LogP contribution in [0, 0.1) is 5.92 Å². The number of hydrogen-bond donors (Lipinski definition) is 1. The topological polar surface area (TPSA) is 78.6 Å². The molecule has 2 bridgehead atoms. The second-order valence-corrected chi connectivity index (χ2v) is 10.2. The number of amides is 1. The predicted molar refractivity (Wildman–Crippen MR) is 106 cm³/mol. The van der Waals surface area contributed by atoms with Crippen molar-refractivity contribution >= 4 is 11.7 Å². The SMILES string of the molecule is CO[C@@]12CCC(=O)C3Oc4c(C(N)=O)ccc5c4C31CC[N@@+](C)(CC1CC1)C2C5.[Cl-]. The van der Waals surface area contributed by atoms with E-state index in [0.29, 0.717) is 23.8 Å². The van der Waals surface area contributed by atoms with E-state index in [1.54, 1.807) is 6.07 Å². The molecule has 162 valence electrons. The monoisotopic (exact) mass is 432 g/mol. The number of carbonyl (C=O) groups excluding carboxylic acids is 2. The number of rotatable bonds is 4. The van der Waals surface area contributed by atoms with Gasteiger partial charge in [0.15, 0.2) is 11.9 Å². The normalized spacial score (nSPS) is 40.3. The second kappa shape index (κ2) is 6.21. The summed E-state index contributed by atoms with van der Waals surface area (Å²) in [7, 11) is 4.21. The number of halogens is 1. The van der Waals surface area contributed by atoms with Crippen molar-refractivity contribution in [1.82, 2.24) is 0 Å². The lowest BCUT2D eigenvalue weighted by molar-refractivity contribution is -0.950. The minimum Gasteiger partial charge on any atom is -1.00 e. The smallest absolute Gasteiger partial charge is 0.252 e. The van der Waals surface area contributed by atoms with E-state index in [2.05, 4.69) is 7.05 Å². The maximum absolute atomic E-state index is 13.1. The van der Waals surface area contributed by atoms with Gasteiger partial charge in [-0.3, -0.25) is 9.59 Å². The van der Waals surface area contributed by atoms with Crippen molar-refractivity contribution in [2.45, 2.75) is 61.7 Å². The van der Waals surface area contributed by atoms with Gasteiger partial charge in [0.05, 0.1) is 31.1 Å². The van der Waals surface area contributed by atoms with Crippen LogP contribution in [0.1, 0.15) is 53.6 Å². The molecule has 2 N–H and O–H groups in total. The molecule has 0 aromatic heterocycles. The van der Waals surface area contributed by atoms with Gasteiger partial charge in [-0.05, 0) is 30.9 Å². The van der Waals surface area contributed by atoms with Crippen molar-refractivity contribution in [3.63, 3.8) is 0 Å². The Morgan fingerprint density at radius 1 is 1.33 bits per heavy atom. The second-order valence-electron chi connectivity index (χ2n) is 10.2. The molecule has 7 heteroatoms. The minimum atomic E-state index is -0.567. The lowest BCUT2D eigenvalue weighted by Gasteiger charge is -2.65. The zero-order chi connectivity index (χ0) is 20.2. The van der Waals surface area contributed by atoms with Gasteiger partial charge in [-0.25, -0.2) is 0 Å². The third-order valence-corrected chi connectivity index (χ3v) is 8.89. The van der Waals surface area contributed by atoms with Crippen molar-refractivity contribution in [2.75, 3.05) is 27.2 Å². The highest BCUT2D eigenvalue weighted by Crippen LogP contribution is 2.66. The molecule has 30 heavy (non-hydrogen) atoms. The zero-order valence-electron chi connectivity index (χ0n) is 17.6. The van der Waals surface area contributed by atoms with Gasteiger partial charge in [-0.1, -0.05) is 6.07 Å². The summed E-state index contributed by atoms with van der Waals surface area (Å²) >= 11 is 0. The Morgan fingerprint density at radius 3 is 2.77 bits per heavy atom. The van der Waals surface area contributed by atoms with Crippen molar-refractivity contribution in [3.05, 3.63) is 28.8 Å². The van der Waals surface area contributed by atoms with Gasteiger partial charge in [-0.15, -0.1) is 0 Å². The number of hydrogen-bond acceptors (Lipinski definition) is 4. The fourth-order valence-corrected chi connectivity index (χ4v) is 7.53. The first-order valence-corrected chi connectivity index (χ1v) is 10.9. The van der Waals surface area contributed by atoms with Crippen LogP contribution in [0.2, 0.25) is 0 Å². The van der Waals surface area contributed by atoms with E-state index < -0.39 is 23.0 Å². The predicted octanol–water partition coefficient (Wildman–Crippen LogP) is -1.28. The Hall–Kier alpha value is -1.63. The number of carbonyl (C=O) groups is 2. The number of likely N-dealkylation sites (tertiary alicyclic amines) is 1. The largest absolute Gasteiger partial charge is 1.00 e. The lowest BCUT2D eigenvalue weighted by atomic mass is 9.48. The van der Waals surface area contributed by atoms with Crippen LogP contribution in [0.4, 0.5) is 0 Å². The Kier molecular flexibility index (Phi) is 4.20. The van der Waals surface area contributed by atoms with Gasteiger partial charge in [-0.2, -0.15) is 0 Å². The maximum atomic E-state index is 13.1. The summed E-state index contributed by atoms with van der Waals surface area (Å²) in [5.41, 5.74) is 7.37. The maximum Gasteiger partial charge on any atom is 0.252 e. The van der Waals surface area contributed by atoms with Crippen molar-refractivity contribution in [3.8, 4) is 5.75 Å². The van der Waals surface area contributed by atoms with Gasteiger partial charge < -0.3 is 32.1 Å². The highest BCUT2D eigenvalue weighted by atomic mass is 35.5. The van der Waals surface area contributed by atoms with E-state index in [1.807, 2.05) is 13.2 Å². The molecule has 3 unspecified atom stereocenters. The number of nitrogens with zero attached hydrogens (tertiary/aromatic N) is 1. The number of nitrogens with two attached hydrogens (primary N) is 1. The number of piperidine rings is 1. The molecule has 1 saturated heterocycles. The number of methoxy groups -OCH3 is 1. The number of benzene rings is 1. The van der Waals surface area contributed by atoms with Gasteiger partial charge in [0.25, 0.3) is 5.91 Å². The summed E-state index contributed by atoms with van der Waals surface area (Å²) in [6.45, 7) is 2.20. The van der Waals surface area contributed by atoms with Crippen LogP contribution >= 0.6 is 0 Å². The van der Waals surface area contributed by atoms with Crippen molar-refractivity contribution in [2.24, 2.45) is 11.7 Å². The van der Waals surface area contributed by atoms with E-state index >= 15 is 0 Å². The summed E-state index contributed by atoms with van der Waals surface area (Å²) in [6, 6.07) is 4.12. The molecule has 2 heterocycles.